The van der Waals surface area contributed by atoms with Gasteiger partial charge < -0.3 is 10.6 Å². The third-order valence-electron chi connectivity index (χ3n) is 4.42. The Bertz CT molecular complexity index is 786. The molecule has 0 saturated heterocycles. The highest BCUT2D eigenvalue weighted by Crippen LogP contribution is 2.28. The van der Waals surface area contributed by atoms with Crippen molar-refractivity contribution in [3.8, 4) is 0 Å². The summed E-state index contributed by atoms with van der Waals surface area (Å²) in [4.78, 5) is 30.1. The fraction of sp³-hybridized carbons (Fsp3) is 0.375. The van der Waals surface area contributed by atoms with Gasteiger partial charge in [-0.1, -0.05) is 12.1 Å². The molecule has 0 saturated carbocycles. The molecule has 124 valence electrons. The molecule has 0 spiro atoms. The number of aryl methyl sites for hydroxylation is 1. The summed E-state index contributed by atoms with van der Waals surface area (Å²) in [5, 5.41) is 10.3. The zero-order valence-electron chi connectivity index (χ0n) is 13.1. The molecule has 2 amide bonds. The zero-order valence-corrected chi connectivity index (χ0v) is 13.1. The third-order valence-corrected chi connectivity index (χ3v) is 4.42. The molecule has 0 fully saturated rings. The van der Waals surface area contributed by atoms with Crippen LogP contribution < -0.4 is 15.5 Å². The molecule has 0 radical (unpaired) electrons. The molecule has 1 atom stereocenters. The topological polar surface area (TPSA) is 92.2 Å². The molecule has 1 aromatic carbocycles. The van der Waals surface area contributed by atoms with Gasteiger partial charge in [0.25, 0.3) is 0 Å². The van der Waals surface area contributed by atoms with E-state index in [0.717, 1.165) is 24.4 Å². The van der Waals surface area contributed by atoms with Gasteiger partial charge in [-0.25, -0.2) is 9.67 Å². The highest BCUT2D eigenvalue weighted by Gasteiger charge is 2.27. The maximum atomic E-state index is 12.6. The molecule has 2 aliphatic heterocycles. The number of para-hydroxylation sites is 2. The number of nitrogens with zero attached hydrogens (tertiary/aromatic N) is 4. The second kappa shape index (κ2) is 6.04. The lowest BCUT2D eigenvalue weighted by Gasteiger charge is -2.30. The van der Waals surface area contributed by atoms with Crippen molar-refractivity contribution in [2.45, 2.75) is 25.4 Å². The number of rotatable bonds is 3. The van der Waals surface area contributed by atoms with Gasteiger partial charge in [0.15, 0.2) is 0 Å². The largest absolute Gasteiger partial charge is 0.323 e. The fourth-order valence-corrected chi connectivity index (χ4v) is 3.19. The lowest BCUT2D eigenvalue weighted by molar-refractivity contribution is -0.121. The van der Waals surface area contributed by atoms with Crippen LogP contribution in [0.5, 0.6) is 0 Å². The molecule has 2 aromatic rings. The number of hydrogen-bond donors (Lipinski definition) is 2. The number of benzene rings is 1. The van der Waals surface area contributed by atoms with Gasteiger partial charge in [0.05, 0.1) is 24.5 Å². The molecule has 4 rings (SSSR count). The SMILES string of the molecule is O=C1CN(C(=O)CN[C@@H]2CCc3ncnn3C2)c2ccccc2N1. The molecule has 2 N–H and O–H groups in total. The predicted octanol–water partition coefficient (Wildman–Crippen LogP) is 0.168. The highest BCUT2D eigenvalue weighted by molar-refractivity contribution is 6.10. The van der Waals surface area contributed by atoms with E-state index >= 15 is 0 Å². The summed E-state index contributed by atoms with van der Waals surface area (Å²) < 4.78 is 1.87. The molecule has 8 nitrogen and oxygen atoms in total. The van der Waals surface area contributed by atoms with Crippen molar-refractivity contribution < 1.29 is 9.59 Å². The number of carbonyl (C=O) groups excluding carboxylic acids is 2. The smallest absolute Gasteiger partial charge is 0.244 e. The monoisotopic (exact) mass is 326 g/mol. The summed E-state index contributed by atoms with van der Waals surface area (Å²) in [6.07, 6.45) is 3.33. The van der Waals surface area contributed by atoms with Gasteiger partial charge in [0.1, 0.15) is 18.7 Å². The van der Waals surface area contributed by atoms with E-state index in [1.54, 1.807) is 12.4 Å². The summed E-state index contributed by atoms with van der Waals surface area (Å²) in [5.41, 5.74) is 1.41. The Balaban J connectivity index is 1.41. The number of anilines is 2. The quantitative estimate of drug-likeness (QED) is 0.839. The number of aromatic nitrogens is 3. The summed E-state index contributed by atoms with van der Waals surface area (Å²) in [6, 6.07) is 7.51. The first-order valence-electron chi connectivity index (χ1n) is 8.00. The Hall–Kier alpha value is -2.74. The van der Waals surface area contributed by atoms with Crippen molar-refractivity contribution in [1.82, 2.24) is 20.1 Å². The molecule has 0 aliphatic carbocycles. The Labute approximate surface area is 138 Å². The minimum atomic E-state index is -0.174. The van der Waals surface area contributed by atoms with E-state index in [2.05, 4.69) is 20.7 Å². The second-order valence-electron chi connectivity index (χ2n) is 6.02. The van der Waals surface area contributed by atoms with Crippen molar-refractivity contribution in [3.63, 3.8) is 0 Å². The van der Waals surface area contributed by atoms with Crippen molar-refractivity contribution in [3.05, 3.63) is 36.4 Å². The van der Waals surface area contributed by atoms with Gasteiger partial charge in [-0.2, -0.15) is 5.10 Å². The fourth-order valence-electron chi connectivity index (χ4n) is 3.19. The van der Waals surface area contributed by atoms with Crippen LogP contribution in [0.1, 0.15) is 12.2 Å². The van der Waals surface area contributed by atoms with E-state index in [-0.39, 0.29) is 30.9 Å². The normalized spacial score (nSPS) is 19.4. The first-order chi connectivity index (χ1) is 11.7. The van der Waals surface area contributed by atoms with Gasteiger partial charge in [-0.15, -0.1) is 0 Å². The number of hydrogen-bond acceptors (Lipinski definition) is 5. The van der Waals surface area contributed by atoms with E-state index in [1.165, 1.54) is 4.90 Å². The minimum absolute atomic E-state index is 0.0510. The summed E-state index contributed by atoms with van der Waals surface area (Å²) >= 11 is 0. The Morgan fingerprint density at radius 3 is 3.17 bits per heavy atom. The highest BCUT2D eigenvalue weighted by atomic mass is 16.2. The average Bonchev–Trinajstić information content (AvgIpc) is 3.06. The van der Waals surface area contributed by atoms with Crippen LogP contribution in [0.25, 0.3) is 0 Å². The predicted molar refractivity (Wildman–Crippen MR) is 87.6 cm³/mol. The summed E-state index contributed by atoms with van der Waals surface area (Å²) in [6.45, 7) is 0.950. The number of carbonyl (C=O) groups is 2. The average molecular weight is 326 g/mol. The van der Waals surface area contributed by atoms with Crippen LogP contribution in [0.3, 0.4) is 0 Å². The van der Waals surface area contributed by atoms with Crippen LogP contribution in [0.4, 0.5) is 11.4 Å². The maximum Gasteiger partial charge on any atom is 0.244 e. The van der Waals surface area contributed by atoms with Gasteiger partial charge >= 0.3 is 0 Å². The van der Waals surface area contributed by atoms with Crippen molar-refractivity contribution in [2.75, 3.05) is 23.3 Å². The molecule has 3 heterocycles. The summed E-state index contributed by atoms with van der Waals surface area (Å²) in [5.74, 6) is 0.703. The van der Waals surface area contributed by atoms with E-state index in [0.29, 0.717) is 12.2 Å². The first-order valence-corrected chi connectivity index (χ1v) is 8.00. The van der Waals surface area contributed by atoms with Gasteiger partial charge in [-0.3, -0.25) is 14.5 Å². The number of nitrogens with one attached hydrogen (secondary N) is 2. The molecule has 8 heteroatoms. The van der Waals surface area contributed by atoms with Crippen LogP contribution >= 0.6 is 0 Å². The minimum Gasteiger partial charge on any atom is -0.323 e. The van der Waals surface area contributed by atoms with E-state index in [4.69, 9.17) is 0 Å². The van der Waals surface area contributed by atoms with E-state index in [9.17, 15) is 9.59 Å². The van der Waals surface area contributed by atoms with Crippen LogP contribution in [0, 0.1) is 0 Å². The molecule has 0 bridgehead atoms. The Morgan fingerprint density at radius 1 is 1.38 bits per heavy atom. The summed E-state index contributed by atoms with van der Waals surface area (Å²) in [7, 11) is 0. The first kappa shape index (κ1) is 14.8. The number of fused-ring (bicyclic) bond motifs is 2. The Morgan fingerprint density at radius 2 is 2.25 bits per heavy atom. The lowest BCUT2D eigenvalue weighted by Crippen LogP contribution is -2.48. The standard InChI is InChI=1S/C16H18N6O2/c23-15-9-21(13-4-2-1-3-12(13)20-15)16(24)7-17-11-5-6-14-18-10-19-22(14)8-11/h1-4,10-11,17H,5-9H2,(H,20,23)/t11-/m1/s1. The maximum absolute atomic E-state index is 12.6. The Kier molecular flexibility index (Phi) is 3.73. The molecular weight excluding hydrogens is 308 g/mol. The molecule has 24 heavy (non-hydrogen) atoms. The van der Waals surface area contributed by atoms with Gasteiger partial charge in [0.2, 0.25) is 11.8 Å². The number of amides is 2. The van der Waals surface area contributed by atoms with E-state index < -0.39 is 0 Å². The van der Waals surface area contributed by atoms with Gasteiger partial charge in [-0.05, 0) is 18.6 Å². The van der Waals surface area contributed by atoms with Gasteiger partial charge in [0, 0.05) is 12.5 Å². The second-order valence-corrected chi connectivity index (χ2v) is 6.02. The van der Waals surface area contributed by atoms with Crippen LogP contribution in [-0.4, -0.2) is 45.7 Å². The van der Waals surface area contributed by atoms with Crippen molar-refractivity contribution in [2.24, 2.45) is 0 Å². The molecule has 2 aliphatic rings. The van der Waals surface area contributed by atoms with Crippen LogP contribution in [0.15, 0.2) is 30.6 Å². The van der Waals surface area contributed by atoms with Crippen LogP contribution in [-0.2, 0) is 22.6 Å². The zero-order chi connectivity index (χ0) is 16.5. The van der Waals surface area contributed by atoms with Crippen molar-refractivity contribution >= 4 is 23.2 Å². The van der Waals surface area contributed by atoms with Crippen molar-refractivity contribution in [1.29, 1.82) is 0 Å². The lowest BCUT2D eigenvalue weighted by atomic mass is 10.1. The van der Waals surface area contributed by atoms with Crippen LogP contribution in [0.2, 0.25) is 0 Å². The van der Waals surface area contributed by atoms with E-state index in [1.807, 2.05) is 22.9 Å². The third kappa shape index (κ3) is 2.76. The molecule has 1 aromatic heterocycles. The molecular formula is C16H18N6O2. The molecule has 0 unspecified atom stereocenters.